The lowest BCUT2D eigenvalue weighted by Gasteiger charge is -2.10. The van der Waals surface area contributed by atoms with Crippen LogP contribution in [0.15, 0.2) is 0 Å². The minimum Gasteiger partial charge on any atom is -0.394 e. The van der Waals surface area contributed by atoms with Crippen molar-refractivity contribution in [3.8, 4) is 12.5 Å². The lowest BCUT2D eigenvalue weighted by atomic mass is 10.4. The highest BCUT2D eigenvalue weighted by atomic mass is 31.2. The smallest absolute Gasteiger partial charge is 0.394 e. The van der Waals surface area contributed by atoms with E-state index in [1.165, 1.54) is 6.11 Å². The van der Waals surface area contributed by atoms with Gasteiger partial charge in [0.05, 0.1) is 13.2 Å². The molecule has 0 aromatic rings. The van der Waals surface area contributed by atoms with Crippen LogP contribution >= 0.6 is 7.82 Å². The largest absolute Gasteiger partial charge is 0.535 e. The Kier molecular flexibility index (Phi) is 4.90. The third-order valence-electron chi connectivity index (χ3n) is 0.809. The van der Waals surface area contributed by atoms with Crippen molar-refractivity contribution >= 4 is 7.82 Å². The van der Waals surface area contributed by atoms with Gasteiger partial charge in [-0.25, -0.2) is 4.57 Å². The molecule has 12 heavy (non-hydrogen) atoms. The fourth-order valence-corrected chi connectivity index (χ4v) is 0.872. The van der Waals surface area contributed by atoms with E-state index in [4.69, 9.17) is 15.1 Å². The lowest BCUT2D eigenvalue weighted by Crippen LogP contribution is -2.18. The van der Waals surface area contributed by atoms with Crippen molar-refractivity contribution in [2.45, 2.75) is 6.10 Å². The fourth-order valence-electron chi connectivity index (χ4n) is 0.326. The molecule has 0 aliphatic rings. The maximum absolute atomic E-state index is 10.6. The fraction of sp³-hybridized carbons (Fsp3) is 0.600. The summed E-state index contributed by atoms with van der Waals surface area (Å²) in [4.78, 5) is 8.63. The Labute approximate surface area is 69.4 Å². The first kappa shape index (κ1) is 11.4. The monoisotopic (exact) mass is 196 g/mol. The van der Waals surface area contributed by atoms with Gasteiger partial charge in [0.15, 0.2) is 0 Å². The molecule has 0 heterocycles. The highest BCUT2D eigenvalue weighted by molar-refractivity contribution is 7.47. The van der Waals surface area contributed by atoms with E-state index < -0.39 is 27.1 Å². The van der Waals surface area contributed by atoms with Crippen molar-refractivity contribution in [1.29, 1.82) is 0 Å². The molecule has 0 amide bonds. The summed E-state index contributed by atoms with van der Waals surface area (Å²) in [7, 11) is -4.27. The Morgan fingerprint density at radius 3 is 2.67 bits per heavy atom. The van der Waals surface area contributed by atoms with Crippen molar-refractivity contribution < 1.29 is 28.7 Å². The van der Waals surface area contributed by atoms with Gasteiger partial charge in [-0.15, -0.1) is 0 Å². The Morgan fingerprint density at radius 2 is 2.25 bits per heavy atom. The highest BCUT2D eigenvalue weighted by Gasteiger charge is 2.22. The molecule has 0 aliphatic heterocycles. The molecule has 0 saturated heterocycles. The summed E-state index contributed by atoms with van der Waals surface area (Å²) in [6, 6.07) is 0. The first-order valence-corrected chi connectivity index (χ1v) is 4.42. The van der Waals surface area contributed by atoms with E-state index >= 15 is 0 Å². The molecule has 6 nitrogen and oxygen atoms in total. The number of hydrogen-bond donors (Lipinski definition) is 3. The van der Waals surface area contributed by atoms with Crippen LogP contribution in [0, 0.1) is 12.5 Å². The lowest BCUT2D eigenvalue weighted by molar-refractivity contribution is 0.0418. The zero-order chi connectivity index (χ0) is 9.61. The van der Waals surface area contributed by atoms with Gasteiger partial charge in [-0.2, -0.15) is 0 Å². The summed E-state index contributed by atoms with van der Waals surface area (Å²) in [5.41, 5.74) is 0. The van der Waals surface area contributed by atoms with E-state index in [1.54, 1.807) is 0 Å². The summed E-state index contributed by atoms with van der Waals surface area (Å²) < 4.78 is 18.6. The zero-order valence-electron chi connectivity index (χ0n) is 6.08. The molecule has 0 radical (unpaired) electrons. The first-order valence-electron chi connectivity index (χ1n) is 2.92. The molecule has 3 N–H and O–H groups in total. The van der Waals surface area contributed by atoms with Gasteiger partial charge in [0, 0.05) is 0 Å². The van der Waals surface area contributed by atoms with E-state index in [1.807, 2.05) is 0 Å². The third kappa shape index (κ3) is 5.13. The van der Waals surface area contributed by atoms with Gasteiger partial charge in [0.25, 0.3) is 0 Å². The van der Waals surface area contributed by atoms with E-state index in [2.05, 4.69) is 15.5 Å². The van der Waals surface area contributed by atoms with Crippen LogP contribution in [0.3, 0.4) is 0 Å². The van der Waals surface area contributed by atoms with Crippen LogP contribution < -0.4 is 0 Å². The van der Waals surface area contributed by atoms with Crippen molar-refractivity contribution in [1.82, 2.24) is 0 Å². The minimum absolute atomic E-state index is 0.522. The Bertz CT molecular complexity index is 208. The molecule has 0 rings (SSSR count). The maximum atomic E-state index is 10.6. The normalized spacial score (nSPS) is 17.5. The Morgan fingerprint density at radius 1 is 1.67 bits per heavy atom. The van der Waals surface area contributed by atoms with Crippen LogP contribution in [0.2, 0.25) is 0 Å². The number of phosphoric ester groups is 1. The number of rotatable bonds is 5. The van der Waals surface area contributed by atoms with Gasteiger partial charge in [-0.05, 0) is 0 Å². The van der Waals surface area contributed by atoms with Gasteiger partial charge in [-0.3, -0.25) is 9.42 Å². The number of hydrogen-bond acceptors (Lipinski definition) is 5. The summed E-state index contributed by atoms with van der Waals surface area (Å²) in [6.07, 6.45) is 4.79. The molecule has 0 aliphatic carbocycles. The second kappa shape index (κ2) is 5.14. The predicted molar refractivity (Wildman–Crippen MR) is 38.8 cm³/mol. The summed E-state index contributed by atoms with van der Waals surface area (Å²) >= 11 is 0. The molecule has 0 spiro atoms. The van der Waals surface area contributed by atoms with Crippen molar-refractivity contribution in [3.05, 3.63) is 0 Å². The van der Waals surface area contributed by atoms with Crippen LogP contribution in [0.25, 0.3) is 0 Å². The Hall–Kier alpha value is -0.570. The third-order valence-corrected chi connectivity index (χ3v) is 1.62. The van der Waals surface area contributed by atoms with Crippen LogP contribution in [-0.2, 0) is 13.6 Å². The van der Waals surface area contributed by atoms with Crippen molar-refractivity contribution in [2.75, 3.05) is 13.2 Å². The molecule has 0 saturated carbocycles. The zero-order valence-corrected chi connectivity index (χ0v) is 6.98. The molecule has 2 unspecified atom stereocenters. The predicted octanol–water partition coefficient (Wildman–Crippen LogP) is -0.936. The second-order valence-electron chi connectivity index (χ2n) is 1.81. The van der Waals surface area contributed by atoms with Crippen LogP contribution in [-0.4, -0.2) is 34.4 Å². The molecule has 70 valence electrons. The summed E-state index contributed by atoms with van der Waals surface area (Å²) in [5.74, 6) is 0. The summed E-state index contributed by atoms with van der Waals surface area (Å²) in [6.45, 7) is -1.10. The Balaban J connectivity index is 3.77. The molecule has 2 atom stereocenters. The van der Waals surface area contributed by atoms with Gasteiger partial charge >= 0.3 is 7.82 Å². The number of phosphoric acid groups is 1. The van der Waals surface area contributed by atoms with Crippen LogP contribution in [0.5, 0.6) is 0 Å². The van der Waals surface area contributed by atoms with Crippen LogP contribution in [0.1, 0.15) is 0 Å². The van der Waals surface area contributed by atoms with E-state index in [-0.39, 0.29) is 0 Å². The van der Waals surface area contributed by atoms with E-state index in [9.17, 15) is 4.57 Å². The quantitative estimate of drug-likeness (QED) is 0.388. The molecular weight excluding hydrogens is 187 g/mol. The topological polar surface area (TPSA) is 96.2 Å². The number of aliphatic hydroxyl groups excluding tert-OH is 2. The highest BCUT2D eigenvalue weighted by Crippen LogP contribution is 2.42. The van der Waals surface area contributed by atoms with Gasteiger partial charge in [0.1, 0.15) is 12.2 Å². The van der Waals surface area contributed by atoms with Gasteiger partial charge in [-0.1, -0.05) is 6.42 Å². The SMILES string of the molecule is C#COP(=O)(O)OCC(O)CO. The average molecular weight is 196 g/mol. The number of terminal acetylenes is 1. The molecule has 0 aromatic heterocycles. The first-order chi connectivity index (χ1) is 5.52. The molecular formula is C5H9O6P. The number of aliphatic hydroxyl groups is 2. The average Bonchev–Trinajstić information content (AvgIpc) is 2.00. The van der Waals surface area contributed by atoms with Crippen LogP contribution in [0.4, 0.5) is 0 Å². The van der Waals surface area contributed by atoms with Crippen molar-refractivity contribution in [3.63, 3.8) is 0 Å². The molecule has 0 aromatic carbocycles. The molecule has 7 heteroatoms. The van der Waals surface area contributed by atoms with Crippen molar-refractivity contribution in [2.24, 2.45) is 0 Å². The van der Waals surface area contributed by atoms with E-state index in [0.29, 0.717) is 0 Å². The van der Waals surface area contributed by atoms with E-state index in [0.717, 1.165) is 0 Å². The van der Waals surface area contributed by atoms with Gasteiger partial charge < -0.3 is 14.7 Å². The standard InChI is InChI=1S/C5H9O6P/c1-2-10-12(8,9)11-4-5(7)3-6/h1,5-7H,3-4H2,(H,8,9). The molecule has 0 fully saturated rings. The van der Waals surface area contributed by atoms with Gasteiger partial charge in [0.2, 0.25) is 0 Å². The molecule has 0 bridgehead atoms. The summed E-state index contributed by atoms with van der Waals surface area (Å²) in [5, 5.41) is 17.0. The minimum atomic E-state index is -4.27. The second-order valence-corrected chi connectivity index (χ2v) is 3.19. The maximum Gasteiger partial charge on any atom is 0.535 e.